The zero-order valence-electron chi connectivity index (χ0n) is 19.6. The highest BCUT2D eigenvalue weighted by atomic mass is 16.5. The molecule has 0 atom stereocenters. The molecule has 0 heterocycles. The van der Waals surface area contributed by atoms with Crippen molar-refractivity contribution < 1.29 is 9.47 Å². The van der Waals surface area contributed by atoms with Gasteiger partial charge in [-0.15, -0.1) is 0 Å². The van der Waals surface area contributed by atoms with Gasteiger partial charge >= 0.3 is 0 Å². The molecule has 0 aliphatic rings. The number of methoxy groups -OCH3 is 1. The summed E-state index contributed by atoms with van der Waals surface area (Å²) in [6.07, 6.45) is 3.18. The van der Waals surface area contributed by atoms with Crippen molar-refractivity contribution in [3.8, 4) is 11.5 Å². The highest BCUT2D eigenvalue weighted by molar-refractivity contribution is 5.43. The molecule has 2 aromatic carbocycles. The van der Waals surface area contributed by atoms with Gasteiger partial charge in [0.2, 0.25) is 0 Å². The molecule has 4 heteroatoms. The van der Waals surface area contributed by atoms with Crippen molar-refractivity contribution in [3.63, 3.8) is 0 Å². The topological polar surface area (TPSA) is 47.7 Å². The molecule has 0 amide bonds. The molecule has 164 valence electrons. The number of nitrogens with two attached hydrogens (primary N) is 1. The lowest BCUT2D eigenvalue weighted by Gasteiger charge is -2.18. The summed E-state index contributed by atoms with van der Waals surface area (Å²) in [6, 6.07) is 14.3. The lowest BCUT2D eigenvalue weighted by atomic mass is 10.1. The number of nitrogens with zero attached hydrogens (tertiary/aromatic N) is 1. The quantitative estimate of drug-likeness (QED) is 0.380. The van der Waals surface area contributed by atoms with Crippen LogP contribution in [0.4, 0.5) is 5.69 Å². The van der Waals surface area contributed by atoms with Gasteiger partial charge in [0, 0.05) is 18.8 Å². The predicted octanol–water partition coefficient (Wildman–Crippen LogP) is 6.18. The van der Waals surface area contributed by atoms with Crippen molar-refractivity contribution in [2.45, 2.75) is 60.4 Å². The molecule has 0 saturated heterocycles. The number of benzene rings is 2. The summed E-state index contributed by atoms with van der Waals surface area (Å²) in [5.74, 6) is 1.63. The van der Waals surface area contributed by atoms with E-state index >= 15 is 0 Å². The number of hydrogen-bond donors (Lipinski definition) is 1. The van der Waals surface area contributed by atoms with E-state index in [1.54, 1.807) is 7.11 Å². The van der Waals surface area contributed by atoms with Crippen LogP contribution in [0.25, 0.3) is 0 Å². The van der Waals surface area contributed by atoms with Crippen LogP contribution in [-0.4, -0.2) is 32.2 Å². The molecule has 2 aromatic rings. The summed E-state index contributed by atoms with van der Waals surface area (Å²) in [5.41, 5.74) is 9.08. The molecule has 2 rings (SSSR count). The van der Waals surface area contributed by atoms with Crippen molar-refractivity contribution >= 4 is 5.69 Å². The fraction of sp³-hybridized carbons (Fsp3) is 0.520. The summed E-state index contributed by atoms with van der Waals surface area (Å²) in [4.78, 5) is 2.31. The molecule has 4 nitrogen and oxygen atoms in total. The summed E-state index contributed by atoms with van der Waals surface area (Å²) in [7, 11) is 3.82. The second kappa shape index (κ2) is 16.7. The number of anilines is 1. The Bertz CT molecular complexity index is 642. The fourth-order valence-electron chi connectivity index (χ4n) is 2.65. The highest BCUT2D eigenvalue weighted by Gasteiger charge is 2.08. The van der Waals surface area contributed by atoms with Crippen LogP contribution in [0.3, 0.4) is 0 Å². The number of hydrogen-bond acceptors (Lipinski definition) is 4. The Kier molecular flexibility index (Phi) is 15.5. The number of nitrogen functional groups attached to an aromatic ring is 1. The van der Waals surface area contributed by atoms with E-state index in [0.717, 1.165) is 56.1 Å². The highest BCUT2D eigenvalue weighted by Crippen LogP contribution is 2.28. The molecule has 29 heavy (non-hydrogen) atoms. The Morgan fingerprint density at radius 2 is 1.52 bits per heavy atom. The average molecular weight is 403 g/mol. The van der Waals surface area contributed by atoms with Gasteiger partial charge < -0.3 is 20.1 Å². The van der Waals surface area contributed by atoms with Crippen LogP contribution in [0.15, 0.2) is 42.5 Å². The van der Waals surface area contributed by atoms with Crippen LogP contribution >= 0.6 is 0 Å². The second-order valence-electron chi connectivity index (χ2n) is 6.42. The van der Waals surface area contributed by atoms with Gasteiger partial charge in [-0.25, -0.2) is 0 Å². The number of likely N-dealkylation sites (N-methyl/N-ethyl adjacent to an activating group) is 1. The lowest BCUT2D eigenvalue weighted by molar-refractivity contribution is 0.286. The Labute approximate surface area is 179 Å². The molecule has 0 radical (unpaired) electrons. The third-order valence-corrected chi connectivity index (χ3v) is 4.20. The minimum absolute atomic E-state index is 0.725. The van der Waals surface area contributed by atoms with E-state index in [2.05, 4.69) is 43.1 Å². The third-order valence-electron chi connectivity index (χ3n) is 4.20. The maximum atomic E-state index is 5.88. The molecule has 0 aromatic heterocycles. The molecule has 0 unspecified atom stereocenters. The molecule has 0 spiro atoms. The zero-order valence-corrected chi connectivity index (χ0v) is 19.6. The van der Waals surface area contributed by atoms with E-state index in [0.29, 0.717) is 0 Å². The first kappa shape index (κ1) is 26.8. The molecular formula is C25H42N2O2. The molecule has 0 fully saturated rings. The van der Waals surface area contributed by atoms with Crippen molar-refractivity contribution in [1.29, 1.82) is 0 Å². The number of unbranched alkanes of at least 4 members (excludes halogenated alkanes) is 1. The number of rotatable bonds is 10. The van der Waals surface area contributed by atoms with Crippen molar-refractivity contribution in [1.82, 2.24) is 4.90 Å². The molecular weight excluding hydrogens is 360 g/mol. The summed E-state index contributed by atoms with van der Waals surface area (Å²) < 4.78 is 11.3. The average Bonchev–Trinajstić information content (AvgIpc) is 2.76. The van der Waals surface area contributed by atoms with Crippen LogP contribution in [0.2, 0.25) is 0 Å². The van der Waals surface area contributed by atoms with Crippen molar-refractivity contribution in [3.05, 3.63) is 53.6 Å². The van der Waals surface area contributed by atoms with E-state index in [1.807, 2.05) is 45.9 Å². The van der Waals surface area contributed by atoms with E-state index in [4.69, 9.17) is 15.2 Å². The minimum Gasteiger partial charge on any atom is -0.493 e. The van der Waals surface area contributed by atoms with Gasteiger partial charge in [0.1, 0.15) is 0 Å². The zero-order chi connectivity index (χ0) is 22.1. The van der Waals surface area contributed by atoms with Gasteiger partial charge in [0.05, 0.1) is 13.7 Å². The van der Waals surface area contributed by atoms with Gasteiger partial charge in [0.25, 0.3) is 0 Å². The Balaban J connectivity index is 0.00000184. The summed E-state index contributed by atoms with van der Waals surface area (Å²) in [5, 5.41) is 0. The minimum atomic E-state index is 0.725. The van der Waals surface area contributed by atoms with Gasteiger partial charge in [0.15, 0.2) is 11.5 Å². The Morgan fingerprint density at radius 1 is 0.897 bits per heavy atom. The van der Waals surface area contributed by atoms with E-state index in [1.165, 1.54) is 11.1 Å². The fourth-order valence-corrected chi connectivity index (χ4v) is 2.65. The summed E-state index contributed by atoms with van der Waals surface area (Å²) in [6.45, 7) is 12.8. The molecule has 0 aliphatic carbocycles. The normalized spacial score (nSPS) is 9.79. The van der Waals surface area contributed by atoms with Crippen LogP contribution in [0.5, 0.6) is 11.5 Å². The van der Waals surface area contributed by atoms with E-state index < -0.39 is 0 Å². The maximum Gasteiger partial charge on any atom is 0.161 e. The van der Waals surface area contributed by atoms with Gasteiger partial charge in [-0.05, 0) is 55.3 Å². The standard InChI is InChI=1S/C21H30N2O2.2C2H6/c1-4-5-14-25-21-15-18(8-11-20(21)24-3)16-23(2)13-12-17-6-9-19(22)10-7-17;2*1-2/h6-11,15H,4-5,12-14,16,22H2,1-3H3;2*1-2H3. The largest absolute Gasteiger partial charge is 0.493 e. The van der Waals surface area contributed by atoms with E-state index in [-0.39, 0.29) is 0 Å². The molecule has 0 aliphatic heterocycles. The van der Waals surface area contributed by atoms with Crippen LogP contribution in [0.1, 0.15) is 58.6 Å². The van der Waals surface area contributed by atoms with E-state index in [9.17, 15) is 0 Å². The second-order valence-corrected chi connectivity index (χ2v) is 6.42. The van der Waals surface area contributed by atoms with Crippen molar-refractivity contribution in [2.24, 2.45) is 0 Å². The lowest BCUT2D eigenvalue weighted by Crippen LogP contribution is -2.20. The molecule has 0 saturated carbocycles. The first-order valence-corrected chi connectivity index (χ1v) is 10.9. The molecule has 0 bridgehead atoms. The van der Waals surface area contributed by atoms with Crippen LogP contribution in [-0.2, 0) is 13.0 Å². The van der Waals surface area contributed by atoms with Gasteiger partial charge in [-0.1, -0.05) is 59.2 Å². The monoisotopic (exact) mass is 402 g/mol. The van der Waals surface area contributed by atoms with Crippen molar-refractivity contribution in [2.75, 3.05) is 33.0 Å². The first-order valence-electron chi connectivity index (χ1n) is 10.9. The van der Waals surface area contributed by atoms with Crippen LogP contribution in [0, 0.1) is 0 Å². The third kappa shape index (κ3) is 10.8. The maximum absolute atomic E-state index is 5.88. The van der Waals surface area contributed by atoms with Crippen LogP contribution < -0.4 is 15.2 Å². The summed E-state index contributed by atoms with van der Waals surface area (Å²) >= 11 is 0. The number of ether oxygens (including phenoxy) is 2. The Hall–Kier alpha value is -2.20. The SMILES string of the molecule is CC.CC.CCCCOc1cc(CN(C)CCc2ccc(N)cc2)ccc1OC. The predicted molar refractivity (Wildman–Crippen MR) is 127 cm³/mol. The van der Waals surface area contributed by atoms with Gasteiger partial charge in [-0.2, -0.15) is 0 Å². The first-order chi connectivity index (χ1) is 14.1. The Morgan fingerprint density at radius 3 is 2.10 bits per heavy atom. The van der Waals surface area contributed by atoms with Gasteiger partial charge in [-0.3, -0.25) is 0 Å². The molecule has 2 N–H and O–H groups in total. The smallest absolute Gasteiger partial charge is 0.161 e.